The third-order valence-corrected chi connectivity index (χ3v) is 7.72. The van der Waals surface area contributed by atoms with E-state index in [2.05, 4.69) is 0 Å². The van der Waals surface area contributed by atoms with E-state index < -0.39 is 41.5 Å². The second-order valence-electron chi connectivity index (χ2n) is 7.89. The molecule has 1 saturated heterocycles. The van der Waals surface area contributed by atoms with Crippen molar-refractivity contribution in [1.29, 1.82) is 0 Å². The van der Waals surface area contributed by atoms with E-state index in [1.807, 2.05) is 37.3 Å². The second-order valence-corrected chi connectivity index (χ2v) is 9.99. The molecule has 5 atom stereocenters. The minimum absolute atomic E-state index is 0.619. The highest BCUT2D eigenvalue weighted by atomic mass is 32.2. The summed E-state index contributed by atoms with van der Waals surface area (Å²) < 4.78 is 32.7. The zero-order chi connectivity index (χ0) is 23.0. The van der Waals surface area contributed by atoms with Crippen molar-refractivity contribution in [2.24, 2.45) is 0 Å². The number of rotatable bonds is 5. The molecule has 3 N–H and O–H groups in total. The topological polar surface area (TPSA) is 69.9 Å². The van der Waals surface area contributed by atoms with Crippen LogP contribution in [-0.2, 0) is 11.2 Å². The van der Waals surface area contributed by atoms with Crippen LogP contribution in [0.25, 0.3) is 10.4 Å². The largest absolute Gasteiger partial charge is 0.387 e. The zero-order valence-corrected chi connectivity index (χ0v) is 19.2. The molecule has 2 heterocycles. The Morgan fingerprint density at radius 1 is 0.938 bits per heavy atom. The highest BCUT2D eigenvalue weighted by Gasteiger charge is 2.44. The summed E-state index contributed by atoms with van der Waals surface area (Å²) in [6.45, 7) is 1.99. The third-order valence-electron chi connectivity index (χ3n) is 5.73. The number of halogens is 2. The maximum absolute atomic E-state index is 13.6. The first-order chi connectivity index (χ1) is 15.3. The molecule has 0 aliphatic carbocycles. The summed E-state index contributed by atoms with van der Waals surface area (Å²) in [5.74, 6) is -1.74. The van der Waals surface area contributed by atoms with E-state index in [9.17, 15) is 24.1 Å². The molecule has 8 heteroatoms. The molecule has 1 aromatic heterocycles. The molecule has 1 aliphatic rings. The minimum atomic E-state index is -1.30. The van der Waals surface area contributed by atoms with Crippen molar-refractivity contribution in [2.45, 2.75) is 43.2 Å². The van der Waals surface area contributed by atoms with Crippen LogP contribution in [0, 0.1) is 18.6 Å². The Labute approximate surface area is 193 Å². The third kappa shape index (κ3) is 4.62. The van der Waals surface area contributed by atoms with Crippen molar-refractivity contribution < 1.29 is 28.8 Å². The predicted octanol–water partition coefficient (Wildman–Crippen LogP) is 4.44. The number of hydrogen-bond acceptors (Lipinski definition) is 6. The Morgan fingerprint density at radius 2 is 1.72 bits per heavy atom. The molecule has 170 valence electrons. The van der Waals surface area contributed by atoms with Gasteiger partial charge in [0.25, 0.3) is 0 Å². The monoisotopic (exact) mass is 478 g/mol. The molecule has 0 bridgehead atoms. The summed E-state index contributed by atoms with van der Waals surface area (Å²) in [4.78, 5) is 1.89. The van der Waals surface area contributed by atoms with Crippen LogP contribution in [0.3, 0.4) is 0 Å². The quantitative estimate of drug-likeness (QED) is 0.506. The van der Waals surface area contributed by atoms with Gasteiger partial charge in [0.15, 0.2) is 11.6 Å². The van der Waals surface area contributed by atoms with Gasteiger partial charge in [-0.2, -0.15) is 0 Å². The molecular formula is C24H24F2O4S2. The molecule has 32 heavy (non-hydrogen) atoms. The van der Waals surface area contributed by atoms with Gasteiger partial charge >= 0.3 is 0 Å². The summed E-state index contributed by atoms with van der Waals surface area (Å²) in [7, 11) is 0. The molecule has 4 nitrogen and oxygen atoms in total. The molecular weight excluding hydrogens is 454 g/mol. The number of hydrogen-bond donors (Lipinski definition) is 3. The number of thiophene rings is 1. The predicted molar refractivity (Wildman–Crippen MR) is 123 cm³/mol. The Morgan fingerprint density at radius 3 is 2.44 bits per heavy atom. The molecule has 1 aliphatic heterocycles. The maximum atomic E-state index is 13.6. The van der Waals surface area contributed by atoms with E-state index in [-0.39, 0.29) is 0 Å². The van der Waals surface area contributed by atoms with Gasteiger partial charge in [-0.1, -0.05) is 24.3 Å². The van der Waals surface area contributed by atoms with Crippen LogP contribution in [0.15, 0.2) is 48.5 Å². The van der Waals surface area contributed by atoms with Crippen molar-refractivity contribution in [3.05, 3.63) is 81.7 Å². The lowest BCUT2D eigenvalue weighted by Crippen LogP contribution is -2.52. The van der Waals surface area contributed by atoms with Crippen LogP contribution < -0.4 is 0 Å². The first-order valence-electron chi connectivity index (χ1n) is 10.1. The van der Waals surface area contributed by atoms with Gasteiger partial charge in [-0.05, 0) is 59.7 Å². The van der Waals surface area contributed by atoms with Gasteiger partial charge in [-0.25, -0.2) is 8.78 Å². The van der Waals surface area contributed by atoms with Gasteiger partial charge in [-0.3, -0.25) is 0 Å². The minimum Gasteiger partial charge on any atom is -0.387 e. The molecule has 0 saturated carbocycles. The van der Waals surface area contributed by atoms with Gasteiger partial charge in [0.2, 0.25) is 0 Å². The summed E-state index contributed by atoms with van der Waals surface area (Å²) in [5, 5.41) is 30.8. The normalized spacial score (nSPS) is 25.8. The molecule has 0 radical (unpaired) electrons. The lowest BCUT2D eigenvalue weighted by Gasteiger charge is -2.40. The van der Waals surface area contributed by atoms with E-state index in [0.717, 1.165) is 32.5 Å². The van der Waals surface area contributed by atoms with Crippen LogP contribution >= 0.6 is 23.1 Å². The first kappa shape index (κ1) is 23.4. The fourth-order valence-corrected chi connectivity index (χ4v) is 5.54. The molecule has 1 fully saturated rings. The van der Waals surface area contributed by atoms with Crippen molar-refractivity contribution in [3.63, 3.8) is 0 Å². The lowest BCUT2D eigenvalue weighted by molar-refractivity contribution is -0.200. The average Bonchev–Trinajstić information content (AvgIpc) is 3.24. The fourth-order valence-electron chi connectivity index (χ4n) is 3.84. The van der Waals surface area contributed by atoms with Crippen molar-refractivity contribution in [3.8, 4) is 10.4 Å². The Balaban J connectivity index is 1.57. The summed E-state index contributed by atoms with van der Waals surface area (Å²) in [6, 6.07) is 13.5. The van der Waals surface area contributed by atoms with Gasteiger partial charge in [0, 0.05) is 16.2 Å². The number of thioether (sulfide) groups is 1. The Hall–Kier alpha value is -1.81. The fraction of sp³-hybridized carbons (Fsp3) is 0.333. The number of aryl methyl sites for hydroxylation is 1. The molecule has 1 unspecified atom stereocenters. The van der Waals surface area contributed by atoms with E-state index in [1.165, 1.54) is 29.2 Å². The van der Waals surface area contributed by atoms with Crippen molar-refractivity contribution in [2.75, 3.05) is 6.26 Å². The molecule has 3 aromatic rings. The van der Waals surface area contributed by atoms with Crippen LogP contribution in [-0.4, -0.2) is 45.3 Å². The molecule has 4 rings (SSSR count). The average molecular weight is 479 g/mol. The van der Waals surface area contributed by atoms with Gasteiger partial charge in [-0.15, -0.1) is 23.1 Å². The zero-order valence-electron chi connectivity index (χ0n) is 17.5. The van der Waals surface area contributed by atoms with Crippen LogP contribution in [0.5, 0.6) is 0 Å². The maximum Gasteiger partial charge on any atom is 0.159 e. The number of aliphatic hydroxyl groups excluding tert-OH is 3. The van der Waals surface area contributed by atoms with E-state index in [1.54, 1.807) is 12.3 Å². The van der Waals surface area contributed by atoms with E-state index in [0.29, 0.717) is 12.0 Å². The second kappa shape index (κ2) is 9.59. The lowest BCUT2D eigenvalue weighted by atomic mass is 9.92. The SMILES string of the molecule is CS[C@H]1OC(c2ccc(C)c(Cc3ccc(-c4ccc(F)c(F)c4)s3)c2)[C@H](O)[C@@H](O)[C@@H]1O. The molecule has 2 aromatic carbocycles. The van der Waals surface area contributed by atoms with Gasteiger partial charge in [0.1, 0.15) is 29.9 Å². The first-order valence-corrected chi connectivity index (χ1v) is 12.2. The smallest absolute Gasteiger partial charge is 0.159 e. The van der Waals surface area contributed by atoms with Crippen LogP contribution in [0.2, 0.25) is 0 Å². The molecule has 0 spiro atoms. The number of benzene rings is 2. The van der Waals surface area contributed by atoms with E-state index >= 15 is 0 Å². The van der Waals surface area contributed by atoms with Gasteiger partial charge < -0.3 is 20.1 Å². The standard InChI is InChI=1S/C24H24F2O4S2/c1-12-3-4-14(23-21(28)20(27)22(29)24(30-23)31-2)9-15(12)10-16-6-8-19(32-16)13-5-7-17(25)18(26)11-13/h3-9,11,20-24,27-29H,10H2,1-2H3/t20-,21-,22+,23?,24-/m1/s1. The highest BCUT2D eigenvalue weighted by Crippen LogP contribution is 2.37. The summed E-state index contributed by atoms with van der Waals surface area (Å²) in [6.07, 6.45) is -2.07. The van der Waals surface area contributed by atoms with Gasteiger partial charge in [0.05, 0.1) is 0 Å². The van der Waals surface area contributed by atoms with Crippen LogP contribution in [0.1, 0.15) is 27.7 Å². The number of ether oxygens (including phenoxy) is 1. The molecule has 0 amide bonds. The van der Waals surface area contributed by atoms with E-state index in [4.69, 9.17) is 4.74 Å². The van der Waals surface area contributed by atoms with Crippen LogP contribution in [0.4, 0.5) is 8.78 Å². The van der Waals surface area contributed by atoms with Crippen molar-refractivity contribution in [1.82, 2.24) is 0 Å². The Kier molecular flexibility index (Phi) is 7.00. The summed E-state index contributed by atoms with van der Waals surface area (Å²) in [5.41, 5.74) is 2.79. The number of aliphatic hydroxyl groups is 3. The van der Waals surface area contributed by atoms with Crippen molar-refractivity contribution >= 4 is 23.1 Å². The Bertz CT molecular complexity index is 1100. The summed E-state index contributed by atoms with van der Waals surface area (Å²) >= 11 is 2.78. The highest BCUT2D eigenvalue weighted by molar-refractivity contribution is 7.99.